The number of carbonyl (C=O) groups excluding carboxylic acids is 2. The lowest BCUT2D eigenvalue weighted by molar-refractivity contribution is -0.253. The Morgan fingerprint density at radius 2 is 1.53 bits per heavy atom. The quantitative estimate of drug-likeness (QED) is 0.357. The number of ether oxygens (including phenoxy) is 2. The summed E-state index contributed by atoms with van der Waals surface area (Å²) >= 11 is 0. The molecule has 2 rings (SSSR count). The van der Waals surface area contributed by atoms with E-state index in [2.05, 4.69) is 9.47 Å². The first-order chi connectivity index (χ1) is 16.6. The fraction of sp³-hybridized carbons (Fsp3) is 0.333. The molecule has 0 radical (unpaired) electrons. The molecule has 0 unspecified atom stereocenters. The summed E-state index contributed by atoms with van der Waals surface area (Å²) in [6.07, 6.45) is -15.3. The van der Waals surface area contributed by atoms with Gasteiger partial charge in [0.1, 0.15) is 29.5 Å². The lowest BCUT2D eigenvalue weighted by Crippen LogP contribution is -2.53. The van der Waals surface area contributed by atoms with Crippen LogP contribution in [0, 0.1) is 11.6 Å². The van der Waals surface area contributed by atoms with E-state index < -0.39 is 72.2 Å². The van der Waals surface area contributed by atoms with Crippen LogP contribution in [0.4, 0.5) is 44.3 Å². The number of urea groups is 1. The Hall–Kier alpha value is -3.65. The van der Waals surface area contributed by atoms with E-state index >= 15 is 0 Å². The zero-order valence-electron chi connectivity index (χ0n) is 18.1. The lowest BCUT2D eigenvalue weighted by atomic mass is 9.79. The second kappa shape index (κ2) is 11.0. The van der Waals surface area contributed by atoms with Crippen LogP contribution in [0.3, 0.4) is 0 Å². The van der Waals surface area contributed by atoms with Gasteiger partial charge in [-0.15, -0.1) is 0 Å². The first-order valence-corrected chi connectivity index (χ1v) is 9.69. The van der Waals surface area contributed by atoms with Gasteiger partial charge in [-0.05, 0) is 35.4 Å². The van der Waals surface area contributed by atoms with Crippen LogP contribution in [0.2, 0.25) is 0 Å². The number of benzene rings is 2. The minimum absolute atomic E-state index is 0.242. The third kappa shape index (κ3) is 7.42. The molecule has 15 heteroatoms. The summed E-state index contributed by atoms with van der Waals surface area (Å²) in [6.45, 7) is -1.84. The average molecular weight is 532 g/mol. The van der Waals surface area contributed by atoms with Gasteiger partial charge in [0.05, 0.1) is 13.5 Å². The molecular formula is C21H17F9N2O4. The molecule has 2 aromatic rings. The standard InChI is InChI=1S/C21H17F9N2O4/c1-35-16(33)9-19(11-2-4-13(22)5-3-11,32-18(34)31-10-20(26,27)28)12-6-14(23)8-15(7-12)36-21(29,30)17(24)25/h2-8,17H,9-10H2,1H3,(H2,31,32,34)/t19-/m1/s1. The fourth-order valence-electron chi connectivity index (χ4n) is 3.07. The van der Waals surface area contributed by atoms with Crippen molar-refractivity contribution in [3.8, 4) is 5.75 Å². The minimum Gasteiger partial charge on any atom is -0.469 e. The molecular weight excluding hydrogens is 515 g/mol. The largest absolute Gasteiger partial charge is 0.469 e. The molecule has 0 heterocycles. The van der Waals surface area contributed by atoms with Gasteiger partial charge < -0.3 is 20.1 Å². The zero-order valence-corrected chi connectivity index (χ0v) is 18.1. The van der Waals surface area contributed by atoms with Crippen LogP contribution in [0.15, 0.2) is 42.5 Å². The first-order valence-electron chi connectivity index (χ1n) is 9.69. The van der Waals surface area contributed by atoms with Gasteiger partial charge in [0.15, 0.2) is 0 Å². The highest BCUT2D eigenvalue weighted by Crippen LogP contribution is 2.38. The zero-order chi connectivity index (χ0) is 27.3. The number of hydrogen-bond acceptors (Lipinski definition) is 4. The summed E-state index contributed by atoms with van der Waals surface area (Å²) in [5.41, 5.74) is -3.23. The van der Waals surface area contributed by atoms with Gasteiger partial charge in [0.2, 0.25) is 0 Å². The van der Waals surface area contributed by atoms with E-state index in [9.17, 15) is 49.1 Å². The van der Waals surface area contributed by atoms with Gasteiger partial charge in [-0.25, -0.2) is 13.6 Å². The molecule has 1 atom stereocenters. The summed E-state index contributed by atoms with van der Waals surface area (Å²) in [7, 11) is 0.894. The van der Waals surface area contributed by atoms with Crippen LogP contribution in [0.25, 0.3) is 0 Å². The van der Waals surface area contributed by atoms with Crippen molar-refractivity contribution < 1.29 is 58.6 Å². The molecule has 36 heavy (non-hydrogen) atoms. The molecule has 2 amide bonds. The van der Waals surface area contributed by atoms with E-state index in [1.54, 1.807) is 0 Å². The number of amides is 2. The van der Waals surface area contributed by atoms with Gasteiger partial charge in [-0.1, -0.05) is 12.1 Å². The highest BCUT2D eigenvalue weighted by molar-refractivity contribution is 5.79. The average Bonchev–Trinajstić information content (AvgIpc) is 2.76. The molecule has 2 aromatic carbocycles. The fourth-order valence-corrected chi connectivity index (χ4v) is 3.07. The number of halogens is 9. The SMILES string of the molecule is COC(=O)C[C@@](NC(=O)NCC(F)(F)F)(c1ccc(F)cc1)c1cc(F)cc(OC(F)(F)C(F)F)c1. The number of nitrogens with one attached hydrogen (secondary N) is 2. The second-order valence-corrected chi connectivity index (χ2v) is 7.23. The van der Waals surface area contributed by atoms with Gasteiger partial charge >= 0.3 is 30.7 Å². The maximum absolute atomic E-state index is 14.4. The number of esters is 1. The van der Waals surface area contributed by atoms with Crippen molar-refractivity contribution in [2.45, 2.75) is 30.7 Å². The van der Waals surface area contributed by atoms with Gasteiger partial charge in [-0.2, -0.15) is 30.7 Å². The lowest BCUT2D eigenvalue weighted by Gasteiger charge is -2.35. The van der Waals surface area contributed by atoms with Crippen molar-refractivity contribution >= 4 is 12.0 Å². The summed E-state index contributed by atoms with van der Waals surface area (Å²) in [4.78, 5) is 24.6. The van der Waals surface area contributed by atoms with E-state index in [1.165, 1.54) is 5.32 Å². The van der Waals surface area contributed by atoms with Crippen LogP contribution in [-0.2, 0) is 15.1 Å². The van der Waals surface area contributed by atoms with E-state index in [4.69, 9.17) is 0 Å². The molecule has 2 N–H and O–H groups in total. The van der Waals surface area contributed by atoms with Crippen molar-refractivity contribution in [2.24, 2.45) is 0 Å². The molecule has 0 aromatic heterocycles. The molecule has 0 spiro atoms. The maximum Gasteiger partial charge on any atom is 0.461 e. The van der Waals surface area contributed by atoms with Crippen LogP contribution >= 0.6 is 0 Å². The van der Waals surface area contributed by atoms with Crippen molar-refractivity contribution in [3.63, 3.8) is 0 Å². The van der Waals surface area contributed by atoms with Crippen LogP contribution < -0.4 is 15.4 Å². The smallest absolute Gasteiger partial charge is 0.461 e. The normalized spacial score (nSPS) is 13.6. The van der Waals surface area contributed by atoms with Crippen LogP contribution in [-0.4, -0.2) is 44.4 Å². The summed E-state index contributed by atoms with van der Waals surface area (Å²) in [5.74, 6) is -4.52. The maximum atomic E-state index is 14.4. The van der Waals surface area contributed by atoms with E-state index in [1.807, 2.05) is 5.32 Å². The summed E-state index contributed by atoms with van der Waals surface area (Å²) in [5, 5.41) is 3.49. The Morgan fingerprint density at radius 3 is 2.06 bits per heavy atom. The molecule has 0 aliphatic heterocycles. The molecule has 0 saturated heterocycles. The minimum atomic E-state index is -5.08. The predicted octanol–water partition coefficient (Wildman–Crippen LogP) is 4.87. The molecule has 0 saturated carbocycles. The van der Waals surface area contributed by atoms with Gasteiger partial charge in [0, 0.05) is 6.07 Å². The Bertz CT molecular complexity index is 1080. The Morgan fingerprint density at radius 1 is 0.917 bits per heavy atom. The van der Waals surface area contributed by atoms with E-state index in [-0.39, 0.29) is 11.6 Å². The molecule has 0 aliphatic rings. The topological polar surface area (TPSA) is 76.7 Å². The van der Waals surface area contributed by atoms with Gasteiger partial charge in [-0.3, -0.25) is 4.79 Å². The monoisotopic (exact) mass is 532 g/mol. The number of alkyl halides is 7. The third-order valence-corrected chi connectivity index (χ3v) is 4.62. The van der Waals surface area contributed by atoms with Crippen molar-refractivity contribution in [1.29, 1.82) is 0 Å². The van der Waals surface area contributed by atoms with E-state index in [0.717, 1.165) is 31.4 Å². The Labute approximate surface area is 197 Å². The molecule has 0 fully saturated rings. The predicted molar refractivity (Wildman–Crippen MR) is 104 cm³/mol. The van der Waals surface area contributed by atoms with Crippen molar-refractivity contribution in [3.05, 3.63) is 65.2 Å². The highest BCUT2D eigenvalue weighted by atomic mass is 19.4. The molecule has 0 bridgehead atoms. The van der Waals surface area contributed by atoms with E-state index in [0.29, 0.717) is 12.1 Å². The number of rotatable bonds is 9. The van der Waals surface area contributed by atoms with Crippen molar-refractivity contribution in [2.75, 3.05) is 13.7 Å². The number of hydrogen-bond donors (Lipinski definition) is 2. The van der Waals surface area contributed by atoms with Crippen LogP contribution in [0.1, 0.15) is 17.5 Å². The highest BCUT2D eigenvalue weighted by Gasteiger charge is 2.45. The van der Waals surface area contributed by atoms with Crippen molar-refractivity contribution in [1.82, 2.24) is 10.6 Å². The summed E-state index contributed by atoms with van der Waals surface area (Å²) < 4.78 is 126. The molecule has 198 valence electrons. The number of carbonyl (C=O) groups is 2. The second-order valence-electron chi connectivity index (χ2n) is 7.23. The Kier molecular flexibility index (Phi) is 8.70. The van der Waals surface area contributed by atoms with Crippen LogP contribution in [0.5, 0.6) is 5.75 Å². The molecule has 6 nitrogen and oxygen atoms in total. The van der Waals surface area contributed by atoms with Gasteiger partial charge in [0.25, 0.3) is 0 Å². The Balaban J connectivity index is 2.71. The molecule has 0 aliphatic carbocycles. The number of methoxy groups -OCH3 is 1. The third-order valence-electron chi connectivity index (χ3n) is 4.62. The summed E-state index contributed by atoms with van der Waals surface area (Å²) in [6, 6.07) is 3.40. The first kappa shape index (κ1) is 28.6.